The minimum absolute atomic E-state index is 0.151. The molecule has 0 aromatic heterocycles. The zero-order valence-electron chi connectivity index (χ0n) is 9.56. The molecule has 94 valence electrons. The molecule has 0 saturated heterocycles. The van der Waals surface area contributed by atoms with E-state index in [0.717, 1.165) is 24.6 Å². The number of fused-ring (bicyclic) bond motifs is 1. The van der Waals surface area contributed by atoms with Crippen LogP contribution in [0, 0.1) is 0 Å². The van der Waals surface area contributed by atoms with E-state index in [9.17, 15) is 13.2 Å². The van der Waals surface area contributed by atoms with E-state index in [-0.39, 0.29) is 6.04 Å². The lowest BCUT2D eigenvalue weighted by Gasteiger charge is -2.28. The number of halogens is 3. The van der Waals surface area contributed by atoms with Crippen molar-refractivity contribution < 1.29 is 13.2 Å². The molecule has 0 saturated carbocycles. The van der Waals surface area contributed by atoms with Crippen molar-refractivity contribution in [3.8, 4) is 0 Å². The van der Waals surface area contributed by atoms with Gasteiger partial charge in [-0.2, -0.15) is 13.2 Å². The quantitative estimate of drug-likeness (QED) is 0.835. The van der Waals surface area contributed by atoms with Gasteiger partial charge in [-0.25, -0.2) is 0 Å². The van der Waals surface area contributed by atoms with Crippen LogP contribution in [0.1, 0.15) is 30.5 Å². The lowest BCUT2D eigenvalue weighted by molar-refractivity contribution is -0.137. The summed E-state index contributed by atoms with van der Waals surface area (Å²) >= 11 is 0. The largest absolute Gasteiger partial charge is 0.416 e. The summed E-state index contributed by atoms with van der Waals surface area (Å²) in [5.74, 6) is 0. The van der Waals surface area contributed by atoms with Crippen molar-refractivity contribution in [1.29, 1.82) is 0 Å². The van der Waals surface area contributed by atoms with E-state index in [1.807, 2.05) is 6.92 Å². The smallest absolute Gasteiger partial charge is 0.385 e. The van der Waals surface area contributed by atoms with Gasteiger partial charge < -0.3 is 10.6 Å². The minimum atomic E-state index is -4.28. The first-order chi connectivity index (χ1) is 8.02. The van der Waals surface area contributed by atoms with E-state index in [4.69, 9.17) is 0 Å². The van der Waals surface area contributed by atoms with Crippen molar-refractivity contribution in [3.63, 3.8) is 0 Å². The molecular formula is C12H15F3N2. The summed E-state index contributed by atoms with van der Waals surface area (Å²) in [7, 11) is 0. The van der Waals surface area contributed by atoms with Gasteiger partial charge in [0.2, 0.25) is 0 Å². The van der Waals surface area contributed by atoms with Gasteiger partial charge >= 0.3 is 6.18 Å². The predicted molar refractivity (Wildman–Crippen MR) is 61.0 cm³/mol. The first kappa shape index (κ1) is 12.2. The molecule has 1 unspecified atom stereocenters. The monoisotopic (exact) mass is 244 g/mol. The topological polar surface area (TPSA) is 24.1 Å². The third-order valence-corrected chi connectivity index (χ3v) is 2.96. The molecule has 1 aliphatic heterocycles. The van der Waals surface area contributed by atoms with Crippen LogP contribution in [0.2, 0.25) is 0 Å². The van der Waals surface area contributed by atoms with E-state index in [1.54, 1.807) is 6.07 Å². The molecule has 2 rings (SSSR count). The fourth-order valence-corrected chi connectivity index (χ4v) is 2.15. The maximum Gasteiger partial charge on any atom is 0.416 e. The SMILES string of the molecule is CCNC1CCNc2cc(C(F)(F)F)ccc21. The Hall–Kier alpha value is -1.23. The highest BCUT2D eigenvalue weighted by Gasteiger charge is 2.32. The molecule has 1 aromatic rings. The van der Waals surface area contributed by atoms with Crippen LogP contribution < -0.4 is 10.6 Å². The molecule has 0 radical (unpaired) electrons. The average molecular weight is 244 g/mol. The maximum absolute atomic E-state index is 12.6. The van der Waals surface area contributed by atoms with Gasteiger partial charge in [0.15, 0.2) is 0 Å². The Morgan fingerprint density at radius 3 is 2.82 bits per heavy atom. The number of anilines is 1. The van der Waals surface area contributed by atoms with Crippen molar-refractivity contribution >= 4 is 5.69 Å². The zero-order valence-corrected chi connectivity index (χ0v) is 9.56. The fraction of sp³-hybridized carbons (Fsp3) is 0.500. The van der Waals surface area contributed by atoms with Gasteiger partial charge in [-0.1, -0.05) is 13.0 Å². The van der Waals surface area contributed by atoms with Crippen molar-refractivity contribution in [3.05, 3.63) is 29.3 Å². The van der Waals surface area contributed by atoms with Crippen molar-refractivity contribution in [2.75, 3.05) is 18.4 Å². The van der Waals surface area contributed by atoms with Gasteiger partial charge in [-0.05, 0) is 30.7 Å². The first-order valence-corrected chi connectivity index (χ1v) is 5.70. The summed E-state index contributed by atoms with van der Waals surface area (Å²) in [6.45, 7) is 3.50. The molecule has 1 heterocycles. The van der Waals surface area contributed by atoms with Gasteiger partial charge in [0.1, 0.15) is 0 Å². The zero-order chi connectivity index (χ0) is 12.5. The van der Waals surface area contributed by atoms with E-state index < -0.39 is 11.7 Å². The standard InChI is InChI=1S/C12H15F3N2/c1-2-16-10-5-6-17-11-7-8(12(13,14)15)3-4-9(10)11/h3-4,7,10,16-17H,2,5-6H2,1H3. The van der Waals surface area contributed by atoms with E-state index >= 15 is 0 Å². The van der Waals surface area contributed by atoms with Gasteiger partial charge in [-0.3, -0.25) is 0 Å². The molecule has 2 N–H and O–H groups in total. The summed E-state index contributed by atoms with van der Waals surface area (Å²) in [5.41, 5.74) is 0.920. The first-order valence-electron chi connectivity index (χ1n) is 5.70. The molecule has 1 aliphatic rings. The highest BCUT2D eigenvalue weighted by atomic mass is 19.4. The van der Waals surface area contributed by atoms with E-state index in [2.05, 4.69) is 10.6 Å². The molecule has 2 nitrogen and oxygen atoms in total. The number of hydrogen-bond acceptors (Lipinski definition) is 2. The molecule has 1 atom stereocenters. The molecule has 0 fully saturated rings. The summed E-state index contributed by atoms with van der Waals surface area (Å²) in [6.07, 6.45) is -3.38. The highest BCUT2D eigenvalue weighted by molar-refractivity contribution is 5.56. The average Bonchev–Trinajstić information content (AvgIpc) is 2.28. The molecule has 0 spiro atoms. The molecule has 0 aliphatic carbocycles. The van der Waals surface area contributed by atoms with Crippen molar-refractivity contribution in [2.45, 2.75) is 25.6 Å². The van der Waals surface area contributed by atoms with Crippen LogP contribution in [0.15, 0.2) is 18.2 Å². The van der Waals surface area contributed by atoms with Gasteiger partial charge in [0, 0.05) is 18.3 Å². The number of alkyl halides is 3. The second-order valence-electron chi connectivity index (χ2n) is 4.13. The number of nitrogens with one attached hydrogen (secondary N) is 2. The Morgan fingerprint density at radius 2 is 2.18 bits per heavy atom. The van der Waals surface area contributed by atoms with Crippen LogP contribution in [0.25, 0.3) is 0 Å². The third kappa shape index (κ3) is 2.54. The van der Waals surface area contributed by atoms with Gasteiger partial charge in [0.05, 0.1) is 5.56 Å². The number of benzene rings is 1. The Kier molecular flexibility index (Phi) is 3.28. The van der Waals surface area contributed by atoms with Gasteiger partial charge in [0.25, 0.3) is 0 Å². The van der Waals surface area contributed by atoms with Crippen LogP contribution in [-0.2, 0) is 6.18 Å². The highest BCUT2D eigenvalue weighted by Crippen LogP contribution is 2.36. The Morgan fingerprint density at radius 1 is 1.41 bits per heavy atom. The van der Waals surface area contributed by atoms with Crippen LogP contribution in [0.4, 0.5) is 18.9 Å². The normalized spacial score (nSPS) is 19.6. The third-order valence-electron chi connectivity index (χ3n) is 2.96. The van der Waals surface area contributed by atoms with Crippen LogP contribution in [-0.4, -0.2) is 13.1 Å². The molecule has 0 bridgehead atoms. The van der Waals surface area contributed by atoms with Crippen molar-refractivity contribution in [1.82, 2.24) is 5.32 Å². The molecule has 1 aromatic carbocycles. The van der Waals surface area contributed by atoms with E-state index in [0.29, 0.717) is 12.2 Å². The summed E-state index contributed by atoms with van der Waals surface area (Å²) in [6, 6.07) is 4.06. The Bertz CT molecular complexity index is 401. The summed E-state index contributed by atoms with van der Waals surface area (Å²) < 4.78 is 37.7. The molecule has 0 amide bonds. The number of hydrogen-bond donors (Lipinski definition) is 2. The molecular weight excluding hydrogens is 229 g/mol. The molecule has 17 heavy (non-hydrogen) atoms. The Labute approximate surface area is 98.2 Å². The van der Waals surface area contributed by atoms with Crippen LogP contribution in [0.3, 0.4) is 0 Å². The Balaban J connectivity index is 2.33. The van der Waals surface area contributed by atoms with E-state index in [1.165, 1.54) is 6.07 Å². The maximum atomic E-state index is 12.6. The second-order valence-corrected chi connectivity index (χ2v) is 4.13. The van der Waals surface area contributed by atoms with Gasteiger partial charge in [-0.15, -0.1) is 0 Å². The lowest BCUT2D eigenvalue weighted by Crippen LogP contribution is -2.28. The predicted octanol–water partition coefficient (Wildman–Crippen LogP) is 3.17. The second kappa shape index (κ2) is 4.56. The molecule has 5 heteroatoms. The number of rotatable bonds is 2. The lowest BCUT2D eigenvalue weighted by atomic mass is 9.96. The van der Waals surface area contributed by atoms with Crippen LogP contribution >= 0.6 is 0 Å². The minimum Gasteiger partial charge on any atom is -0.385 e. The van der Waals surface area contributed by atoms with Crippen molar-refractivity contribution in [2.24, 2.45) is 0 Å². The fourth-order valence-electron chi connectivity index (χ4n) is 2.15. The summed E-state index contributed by atoms with van der Waals surface area (Å²) in [4.78, 5) is 0. The van der Waals surface area contributed by atoms with Crippen LogP contribution in [0.5, 0.6) is 0 Å². The summed E-state index contributed by atoms with van der Waals surface area (Å²) in [5, 5.41) is 6.30.